The van der Waals surface area contributed by atoms with E-state index in [0.717, 1.165) is 12.1 Å². The van der Waals surface area contributed by atoms with Crippen molar-refractivity contribution >= 4 is 11.9 Å². The number of hydrogen-bond acceptors (Lipinski definition) is 3. The molecular weight excluding hydrogens is 378 g/mol. The Balaban J connectivity index is 1.83. The maximum atomic E-state index is 13.4. The van der Waals surface area contributed by atoms with E-state index in [9.17, 15) is 18.7 Å². The molecule has 0 bridgehead atoms. The van der Waals surface area contributed by atoms with E-state index in [1.54, 1.807) is 12.1 Å². The number of carbonyl (C=O) groups is 1. The summed E-state index contributed by atoms with van der Waals surface area (Å²) in [6.07, 6.45) is 0.612. The van der Waals surface area contributed by atoms with Gasteiger partial charge in [-0.25, -0.2) is 8.78 Å². The highest BCUT2D eigenvalue weighted by atomic mass is 19.2. The standard InChI is InChI=1S/C21H26F2N4O2/c1-3-24-21(27-14(2)15-8-9-18(22)19(23)13-15)26-11-5-10-25-20(29)16-6-4-7-17(28)12-16/h4,6-9,12-14,28H,3,5,10-11H2,1-2H3,(H,25,29)(H2,24,26,27). The minimum Gasteiger partial charge on any atom is -0.508 e. The lowest BCUT2D eigenvalue weighted by Crippen LogP contribution is -2.39. The second-order valence-corrected chi connectivity index (χ2v) is 6.46. The van der Waals surface area contributed by atoms with Gasteiger partial charge in [0.2, 0.25) is 0 Å². The Morgan fingerprint density at radius 1 is 1.14 bits per heavy atom. The van der Waals surface area contributed by atoms with E-state index >= 15 is 0 Å². The number of aliphatic imine (C=N–C) groups is 1. The quantitative estimate of drug-likeness (QED) is 0.309. The van der Waals surface area contributed by atoms with Crippen LogP contribution in [0.15, 0.2) is 47.5 Å². The number of halogens is 2. The highest BCUT2D eigenvalue weighted by Gasteiger charge is 2.11. The van der Waals surface area contributed by atoms with Crippen LogP contribution < -0.4 is 16.0 Å². The lowest BCUT2D eigenvalue weighted by molar-refractivity contribution is 0.0953. The Hall–Kier alpha value is -3.16. The van der Waals surface area contributed by atoms with Gasteiger partial charge in [0.1, 0.15) is 5.75 Å². The number of guanidine groups is 1. The summed E-state index contributed by atoms with van der Waals surface area (Å²) in [5, 5.41) is 18.4. The van der Waals surface area contributed by atoms with Crippen LogP contribution in [-0.4, -0.2) is 36.6 Å². The number of nitrogens with one attached hydrogen (secondary N) is 3. The highest BCUT2D eigenvalue weighted by molar-refractivity contribution is 5.94. The van der Waals surface area contributed by atoms with Crippen molar-refractivity contribution in [2.45, 2.75) is 26.3 Å². The Morgan fingerprint density at radius 2 is 1.93 bits per heavy atom. The monoisotopic (exact) mass is 404 g/mol. The number of amides is 1. The zero-order valence-corrected chi connectivity index (χ0v) is 16.5. The maximum absolute atomic E-state index is 13.4. The van der Waals surface area contributed by atoms with E-state index in [1.165, 1.54) is 18.2 Å². The van der Waals surface area contributed by atoms with Crippen LogP contribution >= 0.6 is 0 Å². The molecule has 29 heavy (non-hydrogen) atoms. The maximum Gasteiger partial charge on any atom is 0.251 e. The fraction of sp³-hybridized carbons (Fsp3) is 0.333. The smallest absolute Gasteiger partial charge is 0.251 e. The largest absolute Gasteiger partial charge is 0.508 e. The van der Waals surface area contributed by atoms with Crippen LogP contribution in [0.5, 0.6) is 5.75 Å². The third kappa shape index (κ3) is 7.06. The van der Waals surface area contributed by atoms with Gasteiger partial charge in [0, 0.05) is 25.2 Å². The molecule has 0 saturated carbocycles. The predicted octanol–water partition coefficient (Wildman–Crippen LogP) is 3.11. The number of hydrogen-bond donors (Lipinski definition) is 4. The number of phenolic OH excluding ortho intramolecular Hbond substituents is 1. The van der Waals surface area contributed by atoms with Crippen LogP contribution in [0.2, 0.25) is 0 Å². The van der Waals surface area contributed by atoms with Crippen molar-refractivity contribution in [1.82, 2.24) is 16.0 Å². The molecule has 1 atom stereocenters. The van der Waals surface area contributed by atoms with Gasteiger partial charge in [-0.2, -0.15) is 0 Å². The minimum absolute atomic E-state index is 0.0405. The van der Waals surface area contributed by atoms with Crippen molar-refractivity contribution in [3.05, 3.63) is 65.2 Å². The molecular formula is C21H26F2N4O2. The van der Waals surface area contributed by atoms with Crippen LogP contribution in [0.25, 0.3) is 0 Å². The van der Waals surface area contributed by atoms with Crippen molar-refractivity contribution in [2.24, 2.45) is 4.99 Å². The first kappa shape index (κ1) is 22.1. The summed E-state index contributed by atoms with van der Waals surface area (Å²) >= 11 is 0. The van der Waals surface area contributed by atoms with E-state index in [2.05, 4.69) is 20.9 Å². The minimum atomic E-state index is -0.888. The summed E-state index contributed by atoms with van der Waals surface area (Å²) in [5.41, 5.74) is 0.997. The molecule has 1 unspecified atom stereocenters. The van der Waals surface area contributed by atoms with Gasteiger partial charge in [-0.1, -0.05) is 12.1 Å². The Kier molecular flexibility index (Phi) is 8.39. The molecule has 0 fully saturated rings. The lowest BCUT2D eigenvalue weighted by atomic mass is 10.1. The molecule has 0 radical (unpaired) electrons. The second kappa shape index (κ2) is 11.0. The first-order chi connectivity index (χ1) is 13.9. The van der Waals surface area contributed by atoms with Crippen molar-refractivity contribution in [3.8, 4) is 5.75 Å². The Morgan fingerprint density at radius 3 is 2.62 bits per heavy atom. The molecule has 8 heteroatoms. The van der Waals surface area contributed by atoms with E-state index in [1.807, 2.05) is 13.8 Å². The van der Waals surface area contributed by atoms with Gasteiger partial charge in [0.05, 0.1) is 6.04 Å². The van der Waals surface area contributed by atoms with Crippen LogP contribution in [0.4, 0.5) is 8.78 Å². The first-order valence-electron chi connectivity index (χ1n) is 9.47. The van der Waals surface area contributed by atoms with Gasteiger partial charge in [-0.05, 0) is 56.2 Å². The molecule has 0 aliphatic carbocycles. The van der Waals surface area contributed by atoms with Crippen molar-refractivity contribution < 1.29 is 18.7 Å². The van der Waals surface area contributed by atoms with Crippen LogP contribution in [0, 0.1) is 11.6 Å². The zero-order valence-electron chi connectivity index (χ0n) is 16.5. The topological polar surface area (TPSA) is 85.8 Å². The third-order valence-corrected chi connectivity index (χ3v) is 4.14. The van der Waals surface area contributed by atoms with Gasteiger partial charge >= 0.3 is 0 Å². The Labute approximate surface area is 169 Å². The summed E-state index contributed by atoms with van der Waals surface area (Å²) in [4.78, 5) is 16.4. The summed E-state index contributed by atoms with van der Waals surface area (Å²) < 4.78 is 26.5. The lowest BCUT2D eigenvalue weighted by Gasteiger charge is -2.18. The number of carbonyl (C=O) groups excluding carboxylic acids is 1. The Bertz CT molecular complexity index is 858. The van der Waals surface area contributed by atoms with E-state index in [4.69, 9.17) is 0 Å². The zero-order chi connectivity index (χ0) is 21.2. The molecule has 0 aliphatic rings. The molecule has 0 heterocycles. The summed E-state index contributed by atoms with van der Waals surface area (Å²) in [7, 11) is 0. The average molecular weight is 404 g/mol. The van der Waals surface area contributed by atoms with Gasteiger partial charge in [0.25, 0.3) is 5.91 Å². The summed E-state index contributed by atoms with van der Waals surface area (Å²) in [6.45, 7) is 5.28. The number of benzene rings is 2. The average Bonchev–Trinajstić information content (AvgIpc) is 2.69. The first-order valence-corrected chi connectivity index (χ1v) is 9.47. The molecule has 156 valence electrons. The number of phenols is 1. The van der Waals surface area contributed by atoms with Gasteiger partial charge in [-0.3, -0.25) is 9.79 Å². The molecule has 0 spiro atoms. The molecule has 0 aliphatic heterocycles. The molecule has 2 rings (SSSR count). The highest BCUT2D eigenvalue weighted by Crippen LogP contribution is 2.15. The molecule has 0 saturated heterocycles. The SMILES string of the molecule is CCNC(=NCCCNC(=O)c1cccc(O)c1)NC(C)c1ccc(F)c(F)c1. The van der Waals surface area contributed by atoms with E-state index in [0.29, 0.717) is 43.1 Å². The van der Waals surface area contributed by atoms with Gasteiger partial charge in [0.15, 0.2) is 17.6 Å². The molecule has 1 amide bonds. The molecule has 6 nitrogen and oxygen atoms in total. The molecule has 4 N–H and O–H groups in total. The second-order valence-electron chi connectivity index (χ2n) is 6.46. The van der Waals surface area contributed by atoms with Crippen molar-refractivity contribution in [3.63, 3.8) is 0 Å². The van der Waals surface area contributed by atoms with Crippen molar-refractivity contribution in [1.29, 1.82) is 0 Å². The van der Waals surface area contributed by atoms with Crippen LogP contribution in [-0.2, 0) is 0 Å². The normalized spacial score (nSPS) is 12.3. The van der Waals surface area contributed by atoms with Crippen molar-refractivity contribution in [2.75, 3.05) is 19.6 Å². The van der Waals surface area contributed by atoms with Crippen LogP contribution in [0.1, 0.15) is 42.2 Å². The van der Waals surface area contributed by atoms with Gasteiger partial charge in [-0.15, -0.1) is 0 Å². The third-order valence-electron chi connectivity index (χ3n) is 4.14. The number of rotatable bonds is 8. The van der Waals surface area contributed by atoms with E-state index < -0.39 is 11.6 Å². The summed E-state index contributed by atoms with van der Waals surface area (Å²) in [5.74, 6) is -1.44. The van der Waals surface area contributed by atoms with Crippen LogP contribution in [0.3, 0.4) is 0 Å². The molecule has 2 aromatic rings. The van der Waals surface area contributed by atoms with Gasteiger partial charge < -0.3 is 21.1 Å². The fourth-order valence-electron chi connectivity index (χ4n) is 2.61. The number of nitrogens with zero attached hydrogens (tertiary/aromatic N) is 1. The number of aromatic hydroxyl groups is 1. The van der Waals surface area contributed by atoms with E-state index in [-0.39, 0.29) is 17.7 Å². The molecule has 2 aromatic carbocycles. The fourth-order valence-corrected chi connectivity index (χ4v) is 2.61. The summed E-state index contributed by atoms with van der Waals surface area (Å²) in [6, 6.07) is 9.65. The molecule has 0 aromatic heterocycles. The predicted molar refractivity (Wildman–Crippen MR) is 109 cm³/mol.